The number of morpholine rings is 1. The maximum Gasteiger partial charge on any atom is 0.295 e. The van der Waals surface area contributed by atoms with Crippen LogP contribution in [0.25, 0.3) is 5.76 Å². The predicted molar refractivity (Wildman–Crippen MR) is 134 cm³/mol. The highest BCUT2D eigenvalue weighted by Crippen LogP contribution is 2.40. The summed E-state index contributed by atoms with van der Waals surface area (Å²) in [6.45, 7) is 9.90. The minimum Gasteiger partial charge on any atom is -0.507 e. The smallest absolute Gasteiger partial charge is 0.295 e. The number of aryl methyl sites for hydroxylation is 1. The fraction of sp³-hybridized carbons (Fsp3) is 0.357. The fourth-order valence-electron chi connectivity index (χ4n) is 4.65. The number of nitrogens with zero attached hydrogens (tertiary/aromatic N) is 2. The van der Waals surface area contributed by atoms with Crippen LogP contribution in [0.5, 0.6) is 5.75 Å². The zero-order chi connectivity index (χ0) is 25.7. The number of carbonyl (C=O) groups excluding carboxylic acids is 2. The summed E-state index contributed by atoms with van der Waals surface area (Å²) in [5.41, 5.74) is 1.72. The highest BCUT2D eigenvalue weighted by Gasteiger charge is 2.45. The highest BCUT2D eigenvalue weighted by molar-refractivity contribution is 6.46. The van der Waals surface area contributed by atoms with E-state index in [0.717, 1.165) is 25.2 Å². The van der Waals surface area contributed by atoms with Gasteiger partial charge < -0.3 is 19.5 Å². The van der Waals surface area contributed by atoms with Gasteiger partial charge in [-0.3, -0.25) is 14.5 Å². The molecule has 0 spiro atoms. The summed E-state index contributed by atoms with van der Waals surface area (Å²) < 4.78 is 24.7. The fourth-order valence-corrected chi connectivity index (χ4v) is 4.65. The molecule has 2 aromatic rings. The number of carbonyl (C=O) groups is 2. The minimum absolute atomic E-state index is 0.00265. The number of benzene rings is 2. The van der Waals surface area contributed by atoms with Crippen molar-refractivity contribution in [1.82, 2.24) is 9.80 Å². The Morgan fingerprint density at radius 1 is 1.17 bits per heavy atom. The van der Waals surface area contributed by atoms with Gasteiger partial charge >= 0.3 is 0 Å². The van der Waals surface area contributed by atoms with Gasteiger partial charge in [0.2, 0.25) is 0 Å². The van der Waals surface area contributed by atoms with Crippen LogP contribution in [-0.4, -0.2) is 72.6 Å². The molecule has 1 amide bonds. The molecule has 190 valence electrons. The molecule has 2 aliphatic rings. The van der Waals surface area contributed by atoms with Gasteiger partial charge in [0.05, 0.1) is 24.8 Å². The van der Waals surface area contributed by atoms with E-state index in [4.69, 9.17) is 9.47 Å². The Kier molecular flexibility index (Phi) is 8.18. The van der Waals surface area contributed by atoms with Crippen molar-refractivity contribution in [3.63, 3.8) is 0 Å². The molecule has 1 N–H and O–H groups in total. The molecule has 8 heteroatoms. The second-order valence-electron chi connectivity index (χ2n) is 8.93. The zero-order valence-electron chi connectivity index (χ0n) is 20.4. The first-order valence-corrected chi connectivity index (χ1v) is 12.1. The van der Waals surface area contributed by atoms with E-state index in [0.29, 0.717) is 49.7 Å². The number of likely N-dealkylation sites (tertiary alicyclic amines) is 1. The van der Waals surface area contributed by atoms with Crippen molar-refractivity contribution in [1.29, 1.82) is 0 Å². The summed E-state index contributed by atoms with van der Waals surface area (Å²) in [7, 11) is 0. The number of hydrogen-bond donors (Lipinski definition) is 1. The average Bonchev–Trinajstić information content (AvgIpc) is 3.13. The maximum atomic E-state index is 13.7. The minimum atomic E-state index is -0.813. The van der Waals surface area contributed by atoms with Crippen LogP contribution in [0.1, 0.15) is 29.2 Å². The van der Waals surface area contributed by atoms with Gasteiger partial charge in [-0.2, -0.15) is 0 Å². The van der Waals surface area contributed by atoms with E-state index in [9.17, 15) is 19.1 Å². The van der Waals surface area contributed by atoms with Crippen molar-refractivity contribution in [3.05, 3.63) is 83.2 Å². The zero-order valence-corrected chi connectivity index (χ0v) is 20.4. The first kappa shape index (κ1) is 25.6. The quantitative estimate of drug-likeness (QED) is 0.247. The largest absolute Gasteiger partial charge is 0.507 e. The third-order valence-corrected chi connectivity index (χ3v) is 6.51. The van der Waals surface area contributed by atoms with Crippen LogP contribution < -0.4 is 4.74 Å². The van der Waals surface area contributed by atoms with Gasteiger partial charge in [0.15, 0.2) is 0 Å². The summed E-state index contributed by atoms with van der Waals surface area (Å²) in [5, 5.41) is 11.3. The van der Waals surface area contributed by atoms with Crippen molar-refractivity contribution in [2.75, 3.05) is 46.0 Å². The van der Waals surface area contributed by atoms with Gasteiger partial charge in [-0.05, 0) is 54.8 Å². The molecule has 1 atom stereocenters. The van der Waals surface area contributed by atoms with E-state index in [2.05, 4.69) is 11.5 Å². The number of Topliss-reactive ketones (excluding diaryl/α,β-unsaturated/α-hetero) is 1. The Labute approximate surface area is 210 Å². The van der Waals surface area contributed by atoms with Gasteiger partial charge in [0.25, 0.3) is 11.7 Å². The number of rotatable bonds is 9. The molecular weight excluding hydrogens is 463 g/mol. The van der Waals surface area contributed by atoms with Crippen LogP contribution in [0.3, 0.4) is 0 Å². The summed E-state index contributed by atoms with van der Waals surface area (Å²) >= 11 is 0. The van der Waals surface area contributed by atoms with Gasteiger partial charge in [-0.15, -0.1) is 0 Å². The molecule has 0 unspecified atom stereocenters. The molecule has 2 fully saturated rings. The van der Waals surface area contributed by atoms with Crippen molar-refractivity contribution in [2.45, 2.75) is 19.4 Å². The van der Waals surface area contributed by atoms with E-state index in [1.54, 1.807) is 36.4 Å². The lowest BCUT2D eigenvalue weighted by Gasteiger charge is -2.29. The Morgan fingerprint density at radius 2 is 1.89 bits per heavy atom. The summed E-state index contributed by atoms with van der Waals surface area (Å²) in [6.07, 6.45) is 2.29. The first-order chi connectivity index (χ1) is 17.4. The van der Waals surface area contributed by atoms with Crippen LogP contribution in [0.15, 0.2) is 60.7 Å². The van der Waals surface area contributed by atoms with Crippen LogP contribution >= 0.6 is 0 Å². The molecule has 0 saturated carbocycles. The lowest BCUT2D eigenvalue weighted by atomic mass is 9.94. The van der Waals surface area contributed by atoms with Crippen LogP contribution in [0.4, 0.5) is 4.39 Å². The second-order valence-corrected chi connectivity index (χ2v) is 8.93. The van der Waals surface area contributed by atoms with E-state index in [1.807, 2.05) is 6.92 Å². The number of ketones is 1. The Bertz CT molecular complexity index is 1160. The number of ether oxygens (including phenoxy) is 2. The van der Waals surface area contributed by atoms with E-state index in [-0.39, 0.29) is 11.3 Å². The number of hydrogen-bond acceptors (Lipinski definition) is 6. The second kappa shape index (κ2) is 11.5. The Balaban J connectivity index is 1.66. The topological polar surface area (TPSA) is 79.3 Å². The number of amides is 1. The molecule has 36 heavy (non-hydrogen) atoms. The third-order valence-electron chi connectivity index (χ3n) is 6.51. The molecule has 4 rings (SSSR count). The van der Waals surface area contributed by atoms with Crippen molar-refractivity contribution < 1.29 is 28.6 Å². The molecule has 2 aromatic carbocycles. The van der Waals surface area contributed by atoms with Gasteiger partial charge in [0.1, 0.15) is 23.9 Å². The molecule has 0 aromatic heterocycles. The number of aliphatic hydroxyl groups is 1. The van der Waals surface area contributed by atoms with Gasteiger partial charge in [-0.1, -0.05) is 24.8 Å². The van der Waals surface area contributed by atoms with E-state index < -0.39 is 23.5 Å². The summed E-state index contributed by atoms with van der Waals surface area (Å²) in [6, 6.07) is 9.93. The summed E-state index contributed by atoms with van der Waals surface area (Å²) in [4.78, 5) is 30.0. The normalized spacial score (nSPS) is 20.1. The number of aliphatic hydroxyl groups excluding tert-OH is 1. The van der Waals surface area contributed by atoms with E-state index >= 15 is 0 Å². The molecule has 0 bridgehead atoms. The van der Waals surface area contributed by atoms with Crippen LogP contribution in [-0.2, 0) is 14.3 Å². The van der Waals surface area contributed by atoms with Crippen molar-refractivity contribution in [2.24, 2.45) is 0 Å². The lowest BCUT2D eigenvalue weighted by Crippen LogP contribution is -2.38. The Morgan fingerprint density at radius 3 is 2.56 bits per heavy atom. The van der Waals surface area contributed by atoms with Crippen molar-refractivity contribution >= 4 is 17.4 Å². The standard InChI is InChI=1S/C28H31FN2O5/c1-3-15-36-23-10-7-21(18-19(23)2)26(32)24-25(20-5-8-22(29)9-6-20)31(28(34)27(24)33)12-4-11-30-13-16-35-17-14-30/h3,5-10,18,25,32H,1,4,11-17H2,2H3/t25-/m1/s1. The van der Waals surface area contributed by atoms with Gasteiger partial charge in [-0.25, -0.2) is 4.39 Å². The average molecular weight is 495 g/mol. The molecular formula is C28H31FN2O5. The van der Waals surface area contributed by atoms with Crippen molar-refractivity contribution in [3.8, 4) is 5.75 Å². The molecule has 0 radical (unpaired) electrons. The predicted octanol–water partition coefficient (Wildman–Crippen LogP) is 3.84. The molecule has 0 aliphatic carbocycles. The molecule has 2 aliphatic heterocycles. The summed E-state index contributed by atoms with van der Waals surface area (Å²) in [5.74, 6) is -1.48. The first-order valence-electron chi connectivity index (χ1n) is 12.1. The van der Waals surface area contributed by atoms with Crippen LogP contribution in [0.2, 0.25) is 0 Å². The van der Waals surface area contributed by atoms with Crippen LogP contribution in [0, 0.1) is 12.7 Å². The third kappa shape index (κ3) is 5.50. The van der Waals surface area contributed by atoms with E-state index in [1.165, 1.54) is 17.0 Å². The maximum absolute atomic E-state index is 13.7. The Hall–Kier alpha value is -3.49. The molecule has 2 heterocycles. The SMILES string of the molecule is C=CCOc1ccc(C(O)=C2C(=O)C(=O)N(CCCN3CCOCC3)[C@@H]2c2ccc(F)cc2)cc1C. The highest BCUT2D eigenvalue weighted by atomic mass is 19.1. The number of halogens is 1. The molecule has 7 nitrogen and oxygen atoms in total. The van der Waals surface area contributed by atoms with Gasteiger partial charge in [0, 0.05) is 31.7 Å². The molecule has 2 saturated heterocycles. The monoisotopic (exact) mass is 494 g/mol. The lowest BCUT2D eigenvalue weighted by molar-refractivity contribution is -0.140.